The van der Waals surface area contributed by atoms with Crippen LogP contribution in [0.4, 0.5) is 0 Å². The summed E-state index contributed by atoms with van der Waals surface area (Å²) in [5.41, 5.74) is 0.816. The third kappa shape index (κ3) is 2.73. The zero-order valence-corrected chi connectivity index (χ0v) is 10.2. The Kier molecular flexibility index (Phi) is 4.04. The van der Waals surface area contributed by atoms with Crippen LogP contribution in [0, 0.1) is 0 Å². The van der Waals surface area contributed by atoms with Gasteiger partial charge in [0.05, 0.1) is 6.61 Å². The number of aliphatic hydroxyl groups excluding tert-OH is 3. The molecule has 0 aliphatic heterocycles. The van der Waals surface area contributed by atoms with Crippen LogP contribution in [0.3, 0.4) is 0 Å². The number of aliphatic hydroxyl groups is 3. The summed E-state index contributed by atoms with van der Waals surface area (Å²) in [6.07, 6.45) is -2.50. The molecular formula is C13H13ClO4. The maximum atomic E-state index is 9.67. The Hall–Kier alpha value is -1.33. The van der Waals surface area contributed by atoms with Crippen molar-refractivity contribution in [3.63, 3.8) is 0 Å². The molecule has 2 unspecified atom stereocenters. The molecule has 3 N–H and O–H groups in total. The molecule has 0 aliphatic carbocycles. The number of benzene rings is 1. The van der Waals surface area contributed by atoms with Crippen molar-refractivity contribution >= 4 is 11.6 Å². The quantitative estimate of drug-likeness (QED) is 0.793. The van der Waals surface area contributed by atoms with Gasteiger partial charge in [0.25, 0.3) is 0 Å². The van der Waals surface area contributed by atoms with Crippen LogP contribution in [-0.2, 0) is 0 Å². The molecule has 0 bridgehead atoms. The summed E-state index contributed by atoms with van der Waals surface area (Å²) in [7, 11) is 0. The average molecular weight is 269 g/mol. The second-order valence-electron chi connectivity index (χ2n) is 3.90. The lowest BCUT2D eigenvalue weighted by Crippen LogP contribution is -2.21. The van der Waals surface area contributed by atoms with Gasteiger partial charge < -0.3 is 19.7 Å². The number of halogens is 1. The predicted octanol–water partition coefficient (Wildman–Crippen LogP) is 1.99. The second kappa shape index (κ2) is 5.54. The molecule has 2 rings (SSSR count). The van der Waals surface area contributed by atoms with Crippen molar-refractivity contribution in [1.29, 1.82) is 0 Å². The Morgan fingerprint density at radius 2 is 1.72 bits per heavy atom. The van der Waals surface area contributed by atoms with Crippen LogP contribution in [0.5, 0.6) is 0 Å². The average Bonchev–Trinajstić information content (AvgIpc) is 2.87. The van der Waals surface area contributed by atoms with Gasteiger partial charge in [-0.05, 0) is 36.4 Å². The predicted molar refractivity (Wildman–Crippen MR) is 67.2 cm³/mol. The highest BCUT2D eigenvalue weighted by molar-refractivity contribution is 6.30. The first kappa shape index (κ1) is 13.1. The summed E-state index contributed by atoms with van der Waals surface area (Å²) in [4.78, 5) is 0. The van der Waals surface area contributed by atoms with Crippen LogP contribution in [0.2, 0.25) is 5.02 Å². The molecule has 4 nitrogen and oxygen atoms in total. The summed E-state index contributed by atoms with van der Waals surface area (Å²) in [5.74, 6) is 0.771. The topological polar surface area (TPSA) is 73.8 Å². The molecule has 0 amide bonds. The highest BCUT2D eigenvalue weighted by Crippen LogP contribution is 2.27. The summed E-state index contributed by atoms with van der Waals surface area (Å²) >= 11 is 5.78. The van der Waals surface area contributed by atoms with E-state index in [1.807, 2.05) is 0 Å². The van der Waals surface area contributed by atoms with Crippen LogP contribution in [-0.4, -0.2) is 28.0 Å². The van der Waals surface area contributed by atoms with Crippen molar-refractivity contribution in [2.24, 2.45) is 0 Å². The fraction of sp³-hybridized carbons (Fsp3) is 0.231. The number of hydrogen-bond donors (Lipinski definition) is 3. The second-order valence-corrected chi connectivity index (χ2v) is 4.34. The van der Waals surface area contributed by atoms with Crippen molar-refractivity contribution in [3.05, 3.63) is 47.2 Å². The molecule has 1 heterocycles. The Morgan fingerprint density at radius 3 is 2.33 bits per heavy atom. The molecule has 0 fully saturated rings. The van der Waals surface area contributed by atoms with E-state index >= 15 is 0 Å². The summed E-state index contributed by atoms with van der Waals surface area (Å²) < 4.78 is 5.43. The SMILES string of the molecule is OCC(O)C(O)c1ccc(-c2ccc(Cl)cc2)o1. The van der Waals surface area contributed by atoms with Gasteiger partial charge in [0, 0.05) is 10.6 Å². The van der Waals surface area contributed by atoms with Crippen LogP contribution in [0.15, 0.2) is 40.8 Å². The molecule has 0 spiro atoms. The maximum absolute atomic E-state index is 9.67. The molecule has 96 valence electrons. The minimum Gasteiger partial charge on any atom is -0.458 e. The van der Waals surface area contributed by atoms with Gasteiger partial charge >= 0.3 is 0 Å². The molecule has 0 saturated heterocycles. The van der Waals surface area contributed by atoms with E-state index in [0.29, 0.717) is 10.8 Å². The van der Waals surface area contributed by atoms with Crippen molar-refractivity contribution in [2.75, 3.05) is 6.61 Å². The monoisotopic (exact) mass is 268 g/mol. The van der Waals surface area contributed by atoms with E-state index in [1.54, 1.807) is 36.4 Å². The number of furan rings is 1. The minimum absolute atomic E-state index is 0.210. The largest absolute Gasteiger partial charge is 0.458 e. The summed E-state index contributed by atoms with van der Waals surface area (Å²) in [6.45, 7) is -0.530. The Bertz CT molecular complexity index is 506. The van der Waals surface area contributed by atoms with E-state index in [0.717, 1.165) is 5.56 Å². The van der Waals surface area contributed by atoms with Crippen molar-refractivity contribution in [2.45, 2.75) is 12.2 Å². The van der Waals surface area contributed by atoms with Gasteiger partial charge in [-0.15, -0.1) is 0 Å². The normalized spacial score (nSPS) is 14.4. The Labute approximate surface area is 109 Å². The molecule has 18 heavy (non-hydrogen) atoms. The van der Waals surface area contributed by atoms with Gasteiger partial charge in [-0.1, -0.05) is 11.6 Å². The molecule has 0 aliphatic rings. The molecule has 0 radical (unpaired) electrons. The highest BCUT2D eigenvalue weighted by atomic mass is 35.5. The smallest absolute Gasteiger partial charge is 0.140 e. The third-order valence-electron chi connectivity index (χ3n) is 2.60. The first-order chi connectivity index (χ1) is 8.61. The van der Waals surface area contributed by atoms with Gasteiger partial charge in [0.15, 0.2) is 0 Å². The zero-order chi connectivity index (χ0) is 13.1. The van der Waals surface area contributed by atoms with Crippen LogP contribution in [0.25, 0.3) is 11.3 Å². The van der Waals surface area contributed by atoms with E-state index in [4.69, 9.17) is 21.1 Å². The van der Waals surface area contributed by atoms with Crippen molar-refractivity contribution in [1.82, 2.24) is 0 Å². The molecule has 0 saturated carbocycles. The van der Waals surface area contributed by atoms with E-state index < -0.39 is 18.8 Å². The van der Waals surface area contributed by atoms with Crippen LogP contribution >= 0.6 is 11.6 Å². The zero-order valence-electron chi connectivity index (χ0n) is 9.45. The van der Waals surface area contributed by atoms with E-state index in [-0.39, 0.29) is 5.76 Å². The van der Waals surface area contributed by atoms with Crippen LogP contribution in [0.1, 0.15) is 11.9 Å². The van der Waals surface area contributed by atoms with Gasteiger partial charge in [-0.2, -0.15) is 0 Å². The van der Waals surface area contributed by atoms with Crippen molar-refractivity contribution in [3.8, 4) is 11.3 Å². The van der Waals surface area contributed by atoms with E-state index in [9.17, 15) is 10.2 Å². The minimum atomic E-state index is -1.26. The maximum Gasteiger partial charge on any atom is 0.140 e. The molecule has 5 heteroatoms. The van der Waals surface area contributed by atoms with Gasteiger partial charge in [-0.3, -0.25) is 0 Å². The fourth-order valence-electron chi connectivity index (χ4n) is 1.57. The van der Waals surface area contributed by atoms with Gasteiger partial charge in [0.1, 0.15) is 23.7 Å². The van der Waals surface area contributed by atoms with Crippen molar-refractivity contribution < 1.29 is 19.7 Å². The number of hydrogen-bond acceptors (Lipinski definition) is 4. The van der Waals surface area contributed by atoms with E-state index in [2.05, 4.69) is 0 Å². The van der Waals surface area contributed by atoms with Crippen LogP contribution < -0.4 is 0 Å². The van der Waals surface area contributed by atoms with Gasteiger partial charge in [-0.25, -0.2) is 0 Å². The highest BCUT2D eigenvalue weighted by Gasteiger charge is 2.21. The lowest BCUT2D eigenvalue weighted by Gasteiger charge is -2.12. The lowest BCUT2D eigenvalue weighted by atomic mass is 10.1. The first-order valence-corrected chi connectivity index (χ1v) is 5.82. The molecule has 2 atom stereocenters. The molecular weight excluding hydrogens is 256 g/mol. The van der Waals surface area contributed by atoms with Gasteiger partial charge in [0.2, 0.25) is 0 Å². The Morgan fingerprint density at radius 1 is 1.06 bits per heavy atom. The summed E-state index contributed by atoms with van der Waals surface area (Å²) in [6, 6.07) is 10.3. The molecule has 1 aromatic carbocycles. The third-order valence-corrected chi connectivity index (χ3v) is 2.85. The summed E-state index contributed by atoms with van der Waals surface area (Å²) in [5, 5.41) is 28.4. The Balaban J connectivity index is 2.22. The fourth-order valence-corrected chi connectivity index (χ4v) is 1.70. The molecule has 2 aromatic rings. The van der Waals surface area contributed by atoms with E-state index in [1.165, 1.54) is 0 Å². The first-order valence-electron chi connectivity index (χ1n) is 5.44. The lowest BCUT2D eigenvalue weighted by molar-refractivity contribution is -0.0249. The standard InChI is InChI=1S/C13H13ClO4/c14-9-3-1-8(2-4-9)11-5-6-12(18-11)13(17)10(16)7-15/h1-6,10,13,15-17H,7H2. The molecule has 1 aromatic heterocycles. The number of rotatable bonds is 4.